The predicted octanol–water partition coefficient (Wildman–Crippen LogP) is 2.42. The number of ether oxygens (including phenoxy) is 1. The van der Waals surface area contributed by atoms with E-state index in [4.69, 9.17) is 0 Å². The molecule has 1 fully saturated rings. The molecule has 0 saturated heterocycles. The molecule has 3 heteroatoms. The van der Waals surface area contributed by atoms with Gasteiger partial charge in [-0.1, -0.05) is 17.7 Å². The van der Waals surface area contributed by atoms with Gasteiger partial charge in [0.2, 0.25) is 0 Å². The molecule has 1 saturated carbocycles. The van der Waals surface area contributed by atoms with Crippen LogP contribution in [0.2, 0.25) is 0 Å². The summed E-state index contributed by atoms with van der Waals surface area (Å²) >= 11 is 0. The maximum Gasteiger partial charge on any atom is 0.330 e. The highest BCUT2D eigenvalue weighted by atomic mass is 16.5. The molecule has 0 radical (unpaired) electrons. The monoisotopic (exact) mass is 234 g/mol. The normalized spacial score (nSPS) is 34.2. The van der Waals surface area contributed by atoms with E-state index in [0.717, 1.165) is 44.0 Å². The van der Waals surface area contributed by atoms with Crippen LogP contribution in [0.5, 0.6) is 0 Å². The number of allylic oxidation sites excluding steroid dienone is 3. The second-order valence-electron chi connectivity index (χ2n) is 4.89. The van der Waals surface area contributed by atoms with E-state index in [-0.39, 0.29) is 17.3 Å². The Labute approximate surface area is 102 Å². The predicted molar refractivity (Wildman–Crippen MR) is 64.3 cm³/mol. The molecule has 2 aliphatic rings. The highest BCUT2D eigenvalue weighted by molar-refractivity contribution is 5.83. The van der Waals surface area contributed by atoms with Gasteiger partial charge in [0.1, 0.15) is 6.29 Å². The van der Waals surface area contributed by atoms with Gasteiger partial charge in [-0.3, -0.25) is 0 Å². The van der Waals surface area contributed by atoms with Gasteiger partial charge < -0.3 is 9.53 Å². The number of hydrogen-bond donors (Lipinski definition) is 0. The zero-order valence-corrected chi connectivity index (χ0v) is 10.1. The lowest BCUT2D eigenvalue weighted by atomic mass is 9.61. The summed E-state index contributed by atoms with van der Waals surface area (Å²) < 4.78 is 4.67. The van der Waals surface area contributed by atoms with Crippen molar-refractivity contribution in [3.05, 3.63) is 23.8 Å². The molecule has 0 aliphatic heterocycles. The van der Waals surface area contributed by atoms with Crippen molar-refractivity contribution in [2.75, 3.05) is 7.11 Å². The molecule has 0 aromatic heterocycles. The molecule has 0 amide bonds. The van der Waals surface area contributed by atoms with E-state index in [1.165, 1.54) is 7.11 Å². The first-order valence-corrected chi connectivity index (χ1v) is 6.13. The molecular weight excluding hydrogens is 216 g/mol. The molecule has 2 rings (SSSR count). The molecule has 0 unspecified atom stereocenters. The molecule has 0 aromatic rings. The lowest BCUT2D eigenvalue weighted by Crippen LogP contribution is -2.37. The summed E-state index contributed by atoms with van der Waals surface area (Å²) in [5, 5.41) is 0. The topological polar surface area (TPSA) is 43.4 Å². The number of fused-ring (bicyclic) bond motifs is 1. The van der Waals surface area contributed by atoms with Crippen LogP contribution in [-0.4, -0.2) is 19.4 Å². The smallest absolute Gasteiger partial charge is 0.330 e. The third-order valence-electron chi connectivity index (χ3n) is 3.97. The first kappa shape index (κ1) is 12.1. The van der Waals surface area contributed by atoms with E-state index < -0.39 is 0 Å². The SMILES string of the molecule is COC(=O)/C=C1/CCC[C@@]2(C=O)CCC=C[C@H]12. The molecule has 17 heavy (non-hydrogen) atoms. The van der Waals surface area contributed by atoms with Crippen molar-refractivity contribution in [3.8, 4) is 0 Å². The van der Waals surface area contributed by atoms with Gasteiger partial charge in [-0.15, -0.1) is 0 Å². The quantitative estimate of drug-likeness (QED) is 0.319. The molecular formula is C14H18O3. The maximum atomic E-state index is 11.4. The number of carbonyl (C=O) groups excluding carboxylic acids is 2. The van der Waals surface area contributed by atoms with E-state index in [1.807, 2.05) is 0 Å². The van der Waals surface area contributed by atoms with Crippen LogP contribution in [-0.2, 0) is 14.3 Å². The molecule has 2 aliphatic carbocycles. The van der Waals surface area contributed by atoms with Crippen LogP contribution in [0.15, 0.2) is 23.8 Å². The van der Waals surface area contributed by atoms with E-state index in [0.29, 0.717) is 0 Å². The largest absolute Gasteiger partial charge is 0.466 e. The number of hydrogen-bond acceptors (Lipinski definition) is 3. The van der Waals surface area contributed by atoms with E-state index >= 15 is 0 Å². The van der Waals surface area contributed by atoms with Crippen LogP contribution in [0.3, 0.4) is 0 Å². The number of aldehydes is 1. The molecule has 0 heterocycles. The van der Waals surface area contributed by atoms with E-state index in [1.54, 1.807) is 6.08 Å². The summed E-state index contributed by atoms with van der Waals surface area (Å²) in [6.45, 7) is 0. The van der Waals surface area contributed by atoms with Crippen molar-refractivity contribution in [1.29, 1.82) is 0 Å². The molecule has 0 spiro atoms. The Morgan fingerprint density at radius 3 is 3.06 bits per heavy atom. The van der Waals surface area contributed by atoms with Crippen molar-refractivity contribution < 1.29 is 14.3 Å². The highest BCUT2D eigenvalue weighted by Crippen LogP contribution is 2.48. The Balaban J connectivity index is 2.32. The second-order valence-corrected chi connectivity index (χ2v) is 4.89. The molecule has 0 aromatic carbocycles. The van der Waals surface area contributed by atoms with Crippen molar-refractivity contribution in [3.63, 3.8) is 0 Å². The van der Waals surface area contributed by atoms with Crippen LogP contribution in [0, 0.1) is 11.3 Å². The van der Waals surface area contributed by atoms with Gasteiger partial charge in [0.25, 0.3) is 0 Å². The van der Waals surface area contributed by atoms with Crippen molar-refractivity contribution >= 4 is 12.3 Å². The van der Waals surface area contributed by atoms with Crippen molar-refractivity contribution in [2.24, 2.45) is 11.3 Å². The zero-order valence-electron chi connectivity index (χ0n) is 10.1. The van der Waals surface area contributed by atoms with Crippen LogP contribution in [0.4, 0.5) is 0 Å². The standard InChI is InChI=1S/C14H18O3/c1-17-13(16)9-11-5-4-8-14(10-15)7-3-2-6-12(11)14/h2,6,9-10,12H,3-5,7-8H2,1H3/b11-9-/t12-,14-/m1/s1. The summed E-state index contributed by atoms with van der Waals surface area (Å²) in [5.41, 5.74) is 0.776. The third-order valence-corrected chi connectivity index (χ3v) is 3.97. The molecule has 0 bridgehead atoms. The Morgan fingerprint density at radius 1 is 1.53 bits per heavy atom. The fourth-order valence-corrected chi connectivity index (χ4v) is 3.05. The van der Waals surface area contributed by atoms with Gasteiger partial charge in [-0.25, -0.2) is 4.79 Å². The van der Waals surface area contributed by atoms with Gasteiger partial charge >= 0.3 is 5.97 Å². The summed E-state index contributed by atoms with van der Waals surface area (Å²) in [4.78, 5) is 22.8. The Hall–Kier alpha value is -1.38. The zero-order chi connectivity index (χ0) is 12.3. The molecule has 92 valence electrons. The highest BCUT2D eigenvalue weighted by Gasteiger charge is 2.42. The summed E-state index contributed by atoms with van der Waals surface area (Å²) in [7, 11) is 1.38. The van der Waals surface area contributed by atoms with Crippen molar-refractivity contribution in [1.82, 2.24) is 0 Å². The number of esters is 1. The summed E-state index contributed by atoms with van der Waals surface area (Å²) in [6, 6.07) is 0. The van der Waals surface area contributed by atoms with Crippen LogP contribution in [0.1, 0.15) is 32.1 Å². The lowest BCUT2D eigenvalue weighted by molar-refractivity contribution is -0.135. The Kier molecular flexibility index (Phi) is 3.46. The van der Waals surface area contributed by atoms with Crippen LogP contribution < -0.4 is 0 Å². The molecule has 2 atom stereocenters. The maximum absolute atomic E-state index is 11.4. The third kappa shape index (κ3) is 2.19. The minimum atomic E-state index is -0.319. The van der Waals surface area contributed by atoms with Crippen LogP contribution in [0.25, 0.3) is 0 Å². The average Bonchev–Trinajstić information content (AvgIpc) is 2.39. The van der Waals surface area contributed by atoms with Gasteiger partial charge in [0.15, 0.2) is 0 Å². The van der Waals surface area contributed by atoms with E-state index in [2.05, 4.69) is 16.9 Å². The fraction of sp³-hybridized carbons (Fsp3) is 0.571. The molecule has 0 N–H and O–H groups in total. The van der Waals surface area contributed by atoms with Gasteiger partial charge in [0, 0.05) is 17.4 Å². The van der Waals surface area contributed by atoms with Crippen LogP contribution >= 0.6 is 0 Å². The Bertz CT molecular complexity index is 381. The number of rotatable bonds is 2. The van der Waals surface area contributed by atoms with Gasteiger partial charge in [-0.2, -0.15) is 0 Å². The first-order valence-electron chi connectivity index (χ1n) is 6.13. The average molecular weight is 234 g/mol. The summed E-state index contributed by atoms with van der Waals surface area (Å²) in [6.07, 6.45) is 11.5. The second kappa shape index (κ2) is 4.86. The minimum Gasteiger partial charge on any atom is -0.466 e. The number of methoxy groups -OCH3 is 1. The number of carbonyl (C=O) groups is 2. The fourth-order valence-electron chi connectivity index (χ4n) is 3.05. The van der Waals surface area contributed by atoms with Gasteiger partial charge in [-0.05, 0) is 32.1 Å². The summed E-state index contributed by atoms with van der Waals surface area (Å²) in [5.74, 6) is -0.220. The molecule has 3 nitrogen and oxygen atoms in total. The van der Waals surface area contributed by atoms with E-state index in [9.17, 15) is 9.59 Å². The van der Waals surface area contributed by atoms with Crippen molar-refractivity contribution in [2.45, 2.75) is 32.1 Å². The minimum absolute atomic E-state index is 0.0987. The Morgan fingerprint density at radius 2 is 2.35 bits per heavy atom. The first-order chi connectivity index (χ1) is 8.22. The lowest BCUT2D eigenvalue weighted by Gasteiger charge is -2.42. The van der Waals surface area contributed by atoms with Gasteiger partial charge in [0.05, 0.1) is 7.11 Å².